The van der Waals surface area contributed by atoms with Gasteiger partial charge in [0.25, 0.3) is 0 Å². The Morgan fingerprint density at radius 1 is 1.04 bits per heavy atom. The molecule has 2 aliphatic heterocycles. The number of carbonyl (C=O) groups is 3. The standard InChI is InChI=1S/C19H25N3O3/c1-3-17(23)21-7-4-8-22(10-9-21)19(25)12-14-5-6-16-15(11-14)13-18(24)20(16)2/h5-6,11H,3-4,7-10,12-13H2,1-2H3. The zero-order chi connectivity index (χ0) is 18.0. The Morgan fingerprint density at radius 3 is 2.40 bits per heavy atom. The fraction of sp³-hybridized carbons (Fsp3) is 0.526. The highest BCUT2D eigenvalue weighted by atomic mass is 16.2. The lowest BCUT2D eigenvalue weighted by Crippen LogP contribution is -2.37. The topological polar surface area (TPSA) is 60.9 Å². The Balaban J connectivity index is 1.62. The number of amides is 3. The number of hydrogen-bond acceptors (Lipinski definition) is 3. The molecular weight excluding hydrogens is 318 g/mol. The molecule has 1 saturated heterocycles. The number of rotatable bonds is 3. The van der Waals surface area contributed by atoms with Crippen molar-refractivity contribution in [2.75, 3.05) is 38.1 Å². The van der Waals surface area contributed by atoms with Gasteiger partial charge in [-0.25, -0.2) is 0 Å². The molecule has 1 fully saturated rings. The van der Waals surface area contributed by atoms with E-state index in [0.717, 1.165) is 29.8 Å². The first-order valence-electron chi connectivity index (χ1n) is 8.93. The monoisotopic (exact) mass is 343 g/mol. The van der Waals surface area contributed by atoms with Gasteiger partial charge in [-0.15, -0.1) is 0 Å². The van der Waals surface area contributed by atoms with E-state index in [4.69, 9.17) is 0 Å². The Hall–Kier alpha value is -2.37. The molecule has 25 heavy (non-hydrogen) atoms. The minimum atomic E-state index is 0.0865. The third-order valence-electron chi connectivity index (χ3n) is 5.08. The fourth-order valence-corrected chi connectivity index (χ4v) is 3.56. The molecule has 0 aliphatic carbocycles. The van der Waals surface area contributed by atoms with Crippen molar-refractivity contribution in [3.05, 3.63) is 29.3 Å². The van der Waals surface area contributed by atoms with Gasteiger partial charge in [0.05, 0.1) is 12.8 Å². The van der Waals surface area contributed by atoms with Crippen LogP contribution in [0.5, 0.6) is 0 Å². The largest absolute Gasteiger partial charge is 0.341 e. The molecule has 2 aliphatic rings. The second-order valence-corrected chi connectivity index (χ2v) is 6.74. The number of carbonyl (C=O) groups excluding carboxylic acids is 3. The summed E-state index contributed by atoms with van der Waals surface area (Å²) in [4.78, 5) is 41.6. The quantitative estimate of drug-likeness (QED) is 0.829. The number of nitrogens with zero attached hydrogens (tertiary/aromatic N) is 3. The molecule has 6 heteroatoms. The van der Waals surface area contributed by atoms with Gasteiger partial charge in [-0.1, -0.05) is 19.1 Å². The van der Waals surface area contributed by atoms with E-state index < -0.39 is 0 Å². The summed E-state index contributed by atoms with van der Waals surface area (Å²) in [7, 11) is 1.78. The van der Waals surface area contributed by atoms with Gasteiger partial charge >= 0.3 is 0 Å². The number of hydrogen-bond donors (Lipinski definition) is 0. The third-order valence-corrected chi connectivity index (χ3v) is 5.08. The Labute approximate surface area is 148 Å². The SMILES string of the molecule is CCC(=O)N1CCCN(C(=O)Cc2ccc3c(c2)CC(=O)N3C)CC1. The van der Waals surface area contributed by atoms with Gasteiger partial charge < -0.3 is 14.7 Å². The van der Waals surface area contributed by atoms with Crippen LogP contribution in [-0.4, -0.2) is 60.7 Å². The van der Waals surface area contributed by atoms with Crippen molar-refractivity contribution in [2.24, 2.45) is 0 Å². The van der Waals surface area contributed by atoms with Gasteiger partial charge in [-0.3, -0.25) is 14.4 Å². The maximum Gasteiger partial charge on any atom is 0.231 e. The van der Waals surface area contributed by atoms with Crippen LogP contribution in [-0.2, 0) is 27.2 Å². The molecule has 0 radical (unpaired) electrons. The molecule has 0 bridgehead atoms. The van der Waals surface area contributed by atoms with Gasteiger partial charge in [-0.2, -0.15) is 0 Å². The van der Waals surface area contributed by atoms with E-state index in [1.165, 1.54) is 0 Å². The molecule has 0 atom stereocenters. The van der Waals surface area contributed by atoms with Crippen LogP contribution in [0.15, 0.2) is 18.2 Å². The Kier molecular flexibility index (Phi) is 5.06. The van der Waals surface area contributed by atoms with Crippen LogP contribution in [0.3, 0.4) is 0 Å². The fourth-order valence-electron chi connectivity index (χ4n) is 3.56. The van der Waals surface area contributed by atoms with Crippen molar-refractivity contribution in [1.29, 1.82) is 0 Å². The molecule has 1 aromatic rings. The van der Waals surface area contributed by atoms with E-state index in [-0.39, 0.29) is 17.7 Å². The summed E-state index contributed by atoms with van der Waals surface area (Å²) in [5.41, 5.74) is 2.87. The number of likely N-dealkylation sites (N-methyl/N-ethyl adjacent to an activating group) is 1. The first kappa shape index (κ1) is 17.5. The molecule has 0 spiro atoms. The van der Waals surface area contributed by atoms with Crippen molar-refractivity contribution in [1.82, 2.24) is 9.80 Å². The third kappa shape index (κ3) is 3.67. The van der Waals surface area contributed by atoms with E-state index in [0.29, 0.717) is 38.9 Å². The average molecular weight is 343 g/mol. The maximum absolute atomic E-state index is 12.6. The molecule has 134 valence electrons. The molecule has 0 N–H and O–H groups in total. The summed E-state index contributed by atoms with van der Waals surface area (Å²) in [6, 6.07) is 5.82. The van der Waals surface area contributed by atoms with Crippen LogP contribution >= 0.6 is 0 Å². The van der Waals surface area contributed by atoms with E-state index in [1.54, 1.807) is 11.9 Å². The van der Waals surface area contributed by atoms with Crippen molar-refractivity contribution in [3.8, 4) is 0 Å². The van der Waals surface area contributed by atoms with Gasteiger partial charge in [-0.05, 0) is 23.6 Å². The molecule has 3 amide bonds. The normalized spacial score (nSPS) is 17.5. The molecule has 6 nitrogen and oxygen atoms in total. The minimum Gasteiger partial charge on any atom is -0.341 e. The lowest BCUT2D eigenvalue weighted by Gasteiger charge is -2.22. The molecule has 0 unspecified atom stereocenters. The van der Waals surface area contributed by atoms with E-state index >= 15 is 0 Å². The number of benzene rings is 1. The summed E-state index contributed by atoms with van der Waals surface area (Å²) in [5, 5.41) is 0. The van der Waals surface area contributed by atoms with Gasteiger partial charge in [0, 0.05) is 45.3 Å². The molecular formula is C19H25N3O3. The zero-order valence-electron chi connectivity index (χ0n) is 15.0. The van der Waals surface area contributed by atoms with E-state index in [9.17, 15) is 14.4 Å². The molecule has 3 rings (SSSR count). The van der Waals surface area contributed by atoms with Gasteiger partial charge in [0.15, 0.2) is 0 Å². The van der Waals surface area contributed by atoms with Crippen LogP contribution in [0.4, 0.5) is 5.69 Å². The highest BCUT2D eigenvalue weighted by Crippen LogP contribution is 2.28. The average Bonchev–Trinajstić information content (AvgIpc) is 2.79. The van der Waals surface area contributed by atoms with Crippen molar-refractivity contribution in [3.63, 3.8) is 0 Å². The number of anilines is 1. The van der Waals surface area contributed by atoms with Crippen LogP contribution < -0.4 is 4.90 Å². The summed E-state index contributed by atoms with van der Waals surface area (Å²) < 4.78 is 0. The van der Waals surface area contributed by atoms with Crippen LogP contribution in [0.25, 0.3) is 0 Å². The van der Waals surface area contributed by atoms with E-state index in [2.05, 4.69) is 0 Å². The highest BCUT2D eigenvalue weighted by molar-refractivity contribution is 6.01. The first-order valence-corrected chi connectivity index (χ1v) is 8.93. The summed E-state index contributed by atoms with van der Waals surface area (Å²) in [6.45, 7) is 4.49. The highest BCUT2D eigenvalue weighted by Gasteiger charge is 2.25. The zero-order valence-corrected chi connectivity index (χ0v) is 15.0. The molecule has 0 aromatic heterocycles. The first-order chi connectivity index (χ1) is 12.0. The number of fused-ring (bicyclic) bond motifs is 1. The lowest BCUT2D eigenvalue weighted by molar-refractivity contribution is -0.133. The molecule has 2 heterocycles. The lowest BCUT2D eigenvalue weighted by atomic mass is 10.1. The van der Waals surface area contributed by atoms with Crippen LogP contribution in [0.1, 0.15) is 30.9 Å². The summed E-state index contributed by atoms with van der Waals surface area (Å²) in [6.07, 6.45) is 2.08. The maximum atomic E-state index is 12.6. The smallest absolute Gasteiger partial charge is 0.231 e. The summed E-state index contributed by atoms with van der Waals surface area (Å²) in [5.74, 6) is 0.330. The predicted octanol–water partition coefficient (Wildman–Crippen LogP) is 1.22. The Morgan fingerprint density at radius 2 is 1.72 bits per heavy atom. The van der Waals surface area contributed by atoms with Crippen LogP contribution in [0, 0.1) is 0 Å². The van der Waals surface area contributed by atoms with Crippen molar-refractivity contribution < 1.29 is 14.4 Å². The minimum absolute atomic E-state index is 0.0865. The summed E-state index contributed by atoms with van der Waals surface area (Å²) >= 11 is 0. The van der Waals surface area contributed by atoms with Gasteiger partial charge in [0.2, 0.25) is 17.7 Å². The second-order valence-electron chi connectivity index (χ2n) is 6.74. The van der Waals surface area contributed by atoms with E-state index in [1.807, 2.05) is 34.9 Å². The predicted molar refractivity (Wildman–Crippen MR) is 95.3 cm³/mol. The van der Waals surface area contributed by atoms with Gasteiger partial charge in [0.1, 0.15) is 0 Å². The molecule has 1 aromatic carbocycles. The van der Waals surface area contributed by atoms with Crippen molar-refractivity contribution in [2.45, 2.75) is 32.6 Å². The molecule has 0 saturated carbocycles. The Bertz CT molecular complexity index is 701. The second kappa shape index (κ2) is 7.25. The van der Waals surface area contributed by atoms with Crippen molar-refractivity contribution >= 4 is 23.4 Å². The van der Waals surface area contributed by atoms with Crippen LogP contribution in [0.2, 0.25) is 0 Å².